The van der Waals surface area contributed by atoms with E-state index in [2.05, 4.69) is 13.8 Å². The lowest BCUT2D eigenvalue weighted by molar-refractivity contribution is -0.120. The highest BCUT2D eigenvalue weighted by molar-refractivity contribution is 6.32. The van der Waals surface area contributed by atoms with Crippen LogP contribution in [0, 0.1) is 11.8 Å². The summed E-state index contributed by atoms with van der Waals surface area (Å²) in [7, 11) is 0. The average molecular weight is 275 g/mol. The summed E-state index contributed by atoms with van der Waals surface area (Å²) >= 11 is 6.10. The molecule has 0 saturated carbocycles. The van der Waals surface area contributed by atoms with E-state index in [1.807, 2.05) is 36.4 Å². The highest BCUT2D eigenvalue weighted by Crippen LogP contribution is 2.28. The van der Waals surface area contributed by atoms with Crippen molar-refractivity contribution in [2.24, 2.45) is 11.8 Å². The summed E-state index contributed by atoms with van der Waals surface area (Å²) in [6, 6.07) is 7.72. The first kappa shape index (κ1) is 14.1. The van der Waals surface area contributed by atoms with E-state index < -0.39 is 0 Å². The lowest BCUT2D eigenvalue weighted by Crippen LogP contribution is -2.22. The van der Waals surface area contributed by atoms with Crippen LogP contribution in [0.2, 0.25) is 5.02 Å². The van der Waals surface area contributed by atoms with Gasteiger partial charge in [-0.25, -0.2) is 0 Å². The Morgan fingerprint density at radius 1 is 1.26 bits per heavy atom. The van der Waals surface area contributed by atoms with Crippen LogP contribution in [0.4, 0.5) is 0 Å². The van der Waals surface area contributed by atoms with Crippen molar-refractivity contribution in [1.82, 2.24) is 0 Å². The molecule has 1 aromatic carbocycles. The number of halogens is 1. The van der Waals surface area contributed by atoms with Crippen LogP contribution in [0.15, 0.2) is 42.0 Å². The van der Waals surface area contributed by atoms with Gasteiger partial charge in [0.1, 0.15) is 0 Å². The first-order valence-electron chi connectivity index (χ1n) is 6.75. The maximum Gasteiger partial charge on any atom is 0.159 e. The molecule has 0 N–H and O–H groups in total. The summed E-state index contributed by atoms with van der Waals surface area (Å²) in [5.74, 6) is 0.885. The third-order valence-corrected chi connectivity index (χ3v) is 3.97. The van der Waals surface area contributed by atoms with Gasteiger partial charge >= 0.3 is 0 Å². The molecule has 19 heavy (non-hydrogen) atoms. The van der Waals surface area contributed by atoms with Crippen molar-refractivity contribution >= 4 is 23.5 Å². The van der Waals surface area contributed by atoms with Crippen LogP contribution >= 0.6 is 11.6 Å². The van der Waals surface area contributed by atoms with Gasteiger partial charge in [-0.15, -0.1) is 0 Å². The minimum atomic E-state index is 0.192. The van der Waals surface area contributed by atoms with Gasteiger partial charge in [0.2, 0.25) is 0 Å². The van der Waals surface area contributed by atoms with E-state index in [4.69, 9.17) is 11.6 Å². The van der Waals surface area contributed by atoms with Gasteiger partial charge in [0.05, 0.1) is 0 Å². The molecule has 0 aromatic heterocycles. The van der Waals surface area contributed by atoms with Gasteiger partial charge in [0.15, 0.2) is 5.78 Å². The van der Waals surface area contributed by atoms with Crippen LogP contribution in [0.25, 0.3) is 6.08 Å². The van der Waals surface area contributed by atoms with Gasteiger partial charge in [-0.2, -0.15) is 0 Å². The molecule has 2 heteroatoms. The topological polar surface area (TPSA) is 17.1 Å². The monoisotopic (exact) mass is 274 g/mol. The Morgan fingerprint density at radius 3 is 2.63 bits per heavy atom. The van der Waals surface area contributed by atoms with E-state index in [0.29, 0.717) is 5.92 Å². The molecular formula is C17H19ClO. The second kappa shape index (κ2) is 6.21. The lowest BCUT2D eigenvalue weighted by atomic mass is 9.81. The Balaban J connectivity index is 2.11. The predicted octanol–water partition coefficient (Wildman–Crippen LogP) is 4.91. The Labute approximate surface area is 120 Å². The Morgan fingerprint density at radius 2 is 2.00 bits per heavy atom. The molecule has 2 rings (SSSR count). The fourth-order valence-electron chi connectivity index (χ4n) is 2.43. The van der Waals surface area contributed by atoms with Crippen LogP contribution < -0.4 is 0 Å². The molecule has 1 unspecified atom stereocenters. The quantitative estimate of drug-likeness (QED) is 0.765. The van der Waals surface area contributed by atoms with Crippen molar-refractivity contribution in [3.63, 3.8) is 0 Å². The van der Waals surface area contributed by atoms with E-state index in [1.165, 1.54) is 0 Å². The van der Waals surface area contributed by atoms with E-state index in [9.17, 15) is 4.79 Å². The van der Waals surface area contributed by atoms with Crippen molar-refractivity contribution in [1.29, 1.82) is 0 Å². The zero-order chi connectivity index (χ0) is 13.8. The lowest BCUT2D eigenvalue weighted by Gasteiger charge is -2.22. The fourth-order valence-corrected chi connectivity index (χ4v) is 2.63. The third kappa shape index (κ3) is 3.57. The first-order chi connectivity index (χ1) is 9.08. The van der Waals surface area contributed by atoms with Crippen molar-refractivity contribution in [2.45, 2.75) is 26.7 Å². The minimum absolute atomic E-state index is 0.192. The molecule has 100 valence electrons. The zero-order valence-corrected chi connectivity index (χ0v) is 12.2. The number of allylic oxidation sites excluding steroid dienone is 3. The normalized spacial score (nSPS) is 20.1. The molecule has 0 saturated heterocycles. The fraction of sp³-hybridized carbons (Fsp3) is 0.353. The summed E-state index contributed by atoms with van der Waals surface area (Å²) in [4.78, 5) is 12.0. The molecule has 0 fully saturated rings. The van der Waals surface area contributed by atoms with Gasteiger partial charge in [0.25, 0.3) is 0 Å². The molecule has 1 aliphatic carbocycles. The summed E-state index contributed by atoms with van der Waals surface area (Å²) < 4.78 is 0. The van der Waals surface area contributed by atoms with Crippen LogP contribution in [-0.4, -0.2) is 5.78 Å². The number of carbonyl (C=O) groups is 1. The van der Waals surface area contributed by atoms with E-state index in [-0.39, 0.29) is 11.7 Å². The molecule has 1 aromatic rings. The molecule has 1 nitrogen and oxygen atoms in total. The van der Waals surface area contributed by atoms with Gasteiger partial charge in [-0.1, -0.05) is 55.8 Å². The van der Waals surface area contributed by atoms with Crippen molar-refractivity contribution < 1.29 is 4.79 Å². The van der Waals surface area contributed by atoms with E-state index in [1.54, 1.807) is 6.08 Å². The standard InChI is InChI=1S/C17H19ClO/c1-12(2)15-10-8-13(11-17(15)19)7-9-14-5-3-4-6-16(14)18/h3-7,9,11-12,15H,8,10H2,1-2H3/b9-7+. The average Bonchev–Trinajstić information content (AvgIpc) is 2.37. The summed E-state index contributed by atoms with van der Waals surface area (Å²) in [6.07, 6.45) is 7.71. The molecule has 0 bridgehead atoms. The van der Waals surface area contributed by atoms with Crippen LogP contribution in [0.3, 0.4) is 0 Å². The third-order valence-electron chi connectivity index (χ3n) is 3.62. The van der Waals surface area contributed by atoms with Gasteiger partial charge in [0, 0.05) is 10.9 Å². The number of hydrogen-bond donors (Lipinski definition) is 0. The number of benzene rings is 1. The van der Waals surface area contributed by atoms with Crippen molar-refractivity contribution in [3.05, 3.63) is 52.6 Å². The number of ketones is 1. The molecule has 0 amide bonds. The molecule has 0 radical (unpaired) electrons. The largest absolute Gasteiger partial charge is 0.295 e. The summed E-state index contributed by atoms with van der Waals surface area (Å²) in [5.41, 5.74) is 2.09. The number of carbonyl (C=O) groups excluding carboxylic acids is 1. The second-order valence-electron chi connectivity index (χ2n) is 5.37. The van der Waals surface area contributed by atoms with Crippen molar-refractivity contribution in [3.8, 4) is 0 Å². The van der Waals surface area contributed by atoms with Gasteiger partial charge in [-0.05, 0) is 42.0 Å². The van der Waals surface area contributed by atoms with Crippen LogP contribution in [0.5, 0.6) is 0 Å². The predicted molar refractivity (Wildman–Crippen MR) is 81.1 cm³/mol. The smallest absolute Gasteiger partial charge is 0.159 e. The molecular weight excluding hydrogens is 256 g/mol. The van der Waals surface area contributed by atoms with Gasteiger partial charge < -0.3 is 0 Å². The molecule has 0 spiro atoms. The minimum Gasteiger partial charge on any atom is -0.295 e. The Bertz CT molecular complexity index is 526. The number of hydrogen-bond acceptors (Lipinski definition) is 1. The van der Waals surface area contributed by atoms with Gasteiger partial charge in [-0.3, -0.25) is 4.79 Å². The second-order valence-corrected chi connectivity index (χ2v) is 5.77. The van der Waals surface area contributed by atoms with E-state index >= 15 is 0 Å². The SMILES string of the molecule is CC(C)C1CCC(/C=C/c2ccccc2Cl)=CC1=O. The van der Waals surface area contributed by atoms with E-state index in [0.717, 1.165) is 29.0 Å². The first-order valence-corrected chi connectivity index (χ1v) is 7.12. The number of rotatable bonds is 3. The molecule has 0 heterocycles. The highest BCUT2D eigenvalue weighted by atomic mass is 35.5. The molecule has 1 aliphatic rings. The zero-order valence-electron chi connectivity index (χ0n) is 11.4. The summed E-state index contributed by atoms with van der Waals surface area (Å²) in [6.45, 7) is 4.22. The maximum absolute atomic E-state index is 12.0. The van der Waals surface area contributed by atoms with Crippen molar-refractivity contribution in [2.75, 3.05) is 0 Å². The summed E-state index contributed by atoms with van der Waals surface area (Å²) in [5, 5.41) is 0.738. The molecule has 0 aliphatic heterocycles. The maximum atomic E-state index is 12.0. The Hall–Kier alpha value is -1.34. The van der Waals surface area contributed by atoms with Crippen LogP contribution in [-0.2, 0) is 4.79 Å². The van der Waals surface area contributed by atoms with Crippen LogP contribution in [0.1, 0.15) is 32.3 Å². The molecule has 1 atom stereocenters. The Kier molecular flexibility index (Phi) is 4.60. The highest BCUT2D eigenvalue weighted by Gasteiger charge is 2.24.